The summed E-state index contributed by atoms with van der Waals surface area (Å²) < 4.78 is 41.5. The van der Waals surface area contributed by atoms with Crippen molar-refractivity contribution >= 4 is 23.7 Å². The van der Waals surface area contributed by atoms with Gasteiger partial charge >= 0.3 is 5.51 Å². The van der Waals surface area contributed by atoms with Crippen molar-refractivity contribution in [1.82, 2.24) is 5.32 Å². The van der Waals surface area contributed by atoms with Gasteiger partial charge in [0.1, 0.15) is 11.6 Å². The number of ether oxygens (including phenoxy) is 1. The van der Waals surface area contributed by atoms with Crippen molar-refractivity contribution in [3.63, 3.8) is 0 Å². The van der Waals surface area contributed by atoms with Gasteiger partial charge in [-0.2, -0.15) is 18.4 Å². The van der Waals surface area contributed by atoms with Gasteiger partial charge in [0.2, 0.25) is 0 Å². The number of benzene rings is 1. The number of rotatable bonds is 7. The zero-order chi connectivity index (χ0) is 17.3. The van der Waals surface area contributed by atoms with Crippen LogP contribution in [0.5, 0.6) is 0 Å². The summed E-state index contributed by atoms with van der Waals surface area (Å²) in [5.74, 6) is -0.530. The van der Waals surface area contributed by atoms with E-state index in [9.17, 15) is 18.0 Å². The number of carbonyl (C=O) groups excluding carboxylic acids is 1. The minimum absolute atomic E-state index is 0.0391. The molecule has 8 heteroatoms. The molecule has 0 aromatic heterocycles. The number of amides is 1. The fourth-order valence-corrected chi connectivity index (χ4v) is 2.13. The van der Waals surface area contributed by atoms with Crippen LogP contribution in [0.25, 0.3) is 6.08 Å². The molecule has 4 nitrogen and oxygen atoms in total. The number of hydrogen-bond acceptors (Lipinski definition) is 4. The van der Waals surface area contributed by atoms with Crippen molar-refractivity contribution in [1.29, 1.82) is 5.26 Å². The normalized spacial score (nSPS) is 11.9. The Morgan fingerprint density at radius 2 is 2.04 bits per heavy atom. The summed E-state index contributed by atoms with van der Waals surface area (Å²) in [6.45, 7) is 0.858. The predicted molar refractivity (Wildman–Crippen MR) is 81.4 cm³/mol. The molecule has 0 aliphatic heterocycles. The molecule has 1 amide bonds. The molecule has 0 saturated carbocycles. The minimum atomic E-state index is -4.35. The molecule has 1 rings (SSSR count). The van der Waals surface area contributed by atoms with Crippen LogP contribution in [0, 0.1) is 11.3 Å². The molecular weight excluding hydrogens is 329 g/mol. The topological polar surface area (TPSA) is 62.1 Å². The molecule has 0 atom stereocenters. The van der Waals surface area contributed by atoms with E-state index in [4.69, 9.17) is 10.00 Å². The van der Waals surface area contributed by atoms with Crippen molar-refractivity contribution in [2.75, 3.05) is 20.3 Å². The first-order valence-corrected chi connectivity index (χ1v) is 7.42. The maximum Gasteiger partial charge on any atom is 0.446 e. The van der Waals surface area contributed by atoms with E-state index in [1.165, 1.54) is 30.3 Å². The van der Waals surface area contributed by atoms with Gasteiger partial charge in [0, 0.05) is 25.2 Å². The Labute approximate surface area is 136 Å². The molecule has 0 fully saturated rings. The summed E-state index contributed by atoms with van der Waals surface area (Å²) in [5.41, 5.74) is -3.99. The summed E-state index contributed by atoms with van der Waals surface area (Å²) in [5, 5.41) is 11.6. The first-order chi connectivity index (χ1) is 10.9. The van der Waals surface area contributed by atoms with Crippen LogP contribution in [0.4, 0.5) is 13.2 Å². The van der Waals surface area contributed by atoms with Crippen LogP contribution in [0.3, 0.4) is 0 Å². The van der Waals surface area contributed by atoms with E-state index in [1.54, 1.807) is 13.2 Å². The third-order valence-corrected chi connectivity index (χ3v) is 3.34. The SMILES string of the molecule is COCCCNC(=O)/C(C#N)=C/c1ccc(SC(F)(F)F)cc1. The van der Waals surface area contributed by atoms with Crippen LogP contribution in [0.1, 0.15) is 12.0 Å². The van der Waals surface area contributed by atoms with E-state index in [1.807, 2.05) is 0 Å². The lowest BCUT2D eigenvalue weighted by molar-refractivity contribution is -0.117. The van der Waals surface area contributed by atoms with Crippen LogP contribution in [-0.4, -0.2) is 31.7 Å². The van der Waals surface area contributed by atoms with E-state index >= 15 is 0 Å². The Morgan fingerprint density at radius 1 is 1.39 bits per heavy atom. The first-order valence-electron chi connectivity index (χ1n) is 6.60. The number of carbonyl (C=O) groups is 1. The number of alkyl halides is 3. The smallest absolute Gasteiger partial charge is 0.385 e. The predicted octanol–water partition coefficient (Wildman–Crippen LogP) is 3.36. The summed E-state index contributed by atoms with van der Waals surface area (Å²) in [6.07, 6.45) is 1.94. The quantitative estimate of drug-likeness (QED) is 0.357. The van der Waals surface area contributed by atoms with Crippen LogP contribution in [0.15, 0.2) is 34.7 Å². The van der Waals surface area contributed by atoms with Crippen molar-refractivity contribution in [2.45, 2.75) is 16.8 Å². The van der Waals surface area contributed by atoms with E-state index in [0.29, 0.717) is 25.1 Å². The highest BCUT2D eigenvalue weighted by Crippen LogP contribution is 2.36. The highest BCUT2D eigenvalue weighted by molar-refractivity contribution is 8.00. The maximum atomic E-state index is 12.2. The number of methoxy groups -OCH3 is 1. The van der Waals surface area contributed by atoms with Gasteiger partial charge < -0.3 is 10.1 Å². The highest BCUT2D eigenvalue weighted by Gasteiger charge is 2.28. The van der Waals surface area contributed by atoms with Crippen molar-refractivity contribution in [3.05, 3.63) is 35.4 Å². The Hall–Kier alpha value is -1.98. The fraction of sp³-hybridized carbons (Fsp3) is 0.333. The molecule has 0 aliphatic rings. The second-order valence-corrected chi connectivity index (χ2v) is 5.53. The molecule has 0 unspecified atom stereocenters. The number of nitrogens with one attached hydrogen (secondary N) is 1. The Bertz CT molecular complexity index is 592. The Morgan fingerprint density at radius 3 is 2.57 bits per heavy atom. The molecule has 1 aromatic rings. The van der Waals surface area contributed by atoms with Crippen molar-refractivity contribution in [2.24, 2.45) is 0 Å². The largest absolute Gasteiger partial charge is 0.446 e. The number of thioether (sulfide) groups is 1. The van der Waals surface area contributed by atoms with Crippen LogP contribution >= 0.6 is 11.8 Å². The molecule has 0 spiro atoms. The average molecular weight is 344 g/mol. The highest BCUT2D eigenvalue weighted by atomic mass is 32.2. The lowest BCUT2D eigenvalue weighted by atomic mass is 10.1. The average Bonchev–Trinajstić information content (AvgIpc) is 2.49. The van der Waals surface area contributed by atoms with E-state index in [-0.39, 0.29) is 22.2 Å². The summed E-state index contributed by atoms with van der Waals surface area (Å²) in [4.78, 5) is 11.8. The number of nitrogens with zero attached hydrogens (tertiary/aromatic N) is 1. The van der Waals surface area contributed by atoms with Gasteiger partial charge in [-0.3, -0.25) is 4.79 Å². The van der Waals surface area contributed by atoms with E-state index in [0.717, 1.165) is 0 Å². The maximum absolute atomic E-state index is 12.2. The number of halogens is 3. The van der Waals surface area contributed by atoms with E-state index < -0.39 is 11.4 Å². The van der Waals surface area contributed by atoms with E-state index in [2.05, 4.69) is 5.32 Å². The second-order valence-electron chi connectivity index (χ2n) is 4.39. The van der Waals surface area contributed by atoms with Gasteiger partial charge in [0.15, 0.2) is 0 Å². The van der Waals surface area contributed by atoms with Crippen molar-refractivity contribution in [3.8, 4) is 6.07 Å². The molecular formula is C15H15F3N2O2S. The third-order valence-electron chi connectivity index (χ3n) is 2.60. The standard InChI is InChI=1S/C15H15F3N2O2S/c1-22-8-2-7-20-14(21)12(10-19)9-11-3-5-13(6-4-11)23-15(16,17)18/h3-6,9H,2,7-8H2,1H3,(H,20,21)/b12-9+. The van der Waals surface area contributed by atoms with Gasteiger partial charge in [0.05, 0.1) is 0 Å². The molecule has 1 N–H and O–H groups in total. The van der Waals surface area contributed by atoms with Gasteiger partial charge in [0.25, 0.3) is 5.91 Å². The molecule has 0 saturated heterocycles. The molecule has 1 aromatic carbocycles. The molecule has 0 heterocycles. The zero-order valence-electron chi connectivity index (χ0n) is 12.3. The van der Waals surface area contributed by atoms with Crippen LogP contribution < -0.4 is 5.32 Å². The Balaban J connectivity index is 2.71. The van der Waals surface area contributed by atoms with Crippen LogP contribution in [-0.2, 0) is 9.53 Å². The van der Waals surface area contributed by atoms with Gasteiger partial charge in [-0.15, -0.1) is 0 Å². The first kappa shape index (κ1) is 19.1. The molecule has 23 heavy (non-hydrogen) atoms. The monoisotopic (exact) mass is 344 g/mol. The van der Waals surface area contributed by atoms with Gasteiger partial charge in [-0.05, 0) is 42.0 Å². The second kappa shape index (κ2) is 9.22. The number of hydrogen-bond donors (Lipinski definition) is 1. The summed E-state index contributed by atoms with van der Waals surface area (Å²) in [7, 11) is 1.54. The minimum Gasteiger partial charge on any atom is -0.385 e. The van der Waals surface area contributed by atoms with Gasteiger partial charge in [-0.25, -0.2) is 0 Å². The third kappa shape index (κ3) is 7.72. The Kier molecular flexibility index (Phi) is 7.65. The van der Waals surface area contributed by atoms with Crippen LogP contribution in [0.2, 0.25) is 0 Å². The summed E-state index contributed by atoms with van der Waals surface area (Å²) in [6, 6.07) is 7.19. The van der Waals surface area contributed by atoms with Crippen molar-refractivity contribution < 1.29 is 22.7 Å². The molecule has 0 aliphatic carbocycles. The molecule has 0 bridgehead atoms. The molecule has 124 valence electrons. The fourth-order valence-electron chi connectivity index (χ4n) is 1.59. The molecule has 0 radical (unpaired) electrons. The lowest BCUT2D eigenvalue weighted by Crippen LogP contribution is -2.26. The lowest BCUT2D eigenvalue weighted by Gasteiger charge is -2.06. The number of nitriles is 1. The summed E-state index contributed by atoms with van der Waals surface area (Å²) >= 11 is -0.221. The zero-order valence-corrected chi connectivity index (χ0v) is 13.1. The van der Waals surface area contributed by atoms with Gasteiger partial charge in [-0.1, -0.05) is 12.1 Å².